The average molecular weight is 407 g/mol. The van der Waals surface area contributed by atoms with Crippen molar-refractivity contribution < 1.29 is 14.1 Å². The van der Waals surface area contributed by atoms with Crippen molar-refractivity contribution in [3.63, 3.8) is 0 Å². The van der Waals surface area contributed by atoms with Gasteiger partial charge in [0.1, 0.15) is 5.76 Å². The number of nitrogens with zero attached hydrogens (tertiary/aromatic N) is 1. The molecule has 25 heavy (non-hydrogen) atoms. The molecule has 1 aromatic heterocycles. The summed E-state index contributed by atoms with van der Waals surface area (Å²) >= 11 is 3.53. The lowest BCUT2D eigenvalue weighted by molar-refractivity contribution is -0.125. The van der Waals surface area contributed by atoms with Crippen LogP contribution in [0.15, 0.2) is 33.3 Å². The monoisotopic (exact) mass is 406 g/mol. The maximum absolute atomic E-state index is 13.0. The van der Waals surface area contributed by atoms with Crippen molar-refractivity contribution in [1.82, 2.24) is 10.5 Å². The van der Waals surface area contributed by atoms with Crippen LogP contribution in [-0.2, 0) is 15.1 Å². The number of ether oxygens (including phenoxy) is 1. The Balaban J connectivity index is 1.89. The number of aromatic nitrogens is 1. The lowest BCUT2D eigenvalue weighted by atomic mass is 9.82. The number of rotatable bonds is 4. The molecule has 0 aliphatic carbocycles. The molecule has 0 saturated carbocycles. The first-order valence-corrected chi connectivity index (χ1v) is 9.31. The SMILES string of the molecule is Cc1noc(C)c1C(C)C(=O)NC1(c2cccc(Br)c2)CCOCC1. The molecule has 3 rings (SSSR count). The van der Waals surface area contributed by atoms with Gasteiger partial charge in [0.2, 0.25) is 5.91 Å². The second kappa shape index (κ2) is 7.30. The Bertz CT molecular complexity index is 746. The van der Waals surface area contributed by atoms with E-state index in [-0.39, 0.29) is 11.8 Å². The molecule has 1 aliphatic heterocycles. The van der Waals surface area contributed by atoms with Gasteiger partial charge in [-0.05, 0) is 51.3 Å². The summed E-state index contributed by atoms with van der Waals surface area (Å²) in [6, 6.07) is 8.13. The highest BCUT2D eigenvalue weighted by Crippen LogP contribution is 2.35. The van der Waals surface area contributed by atoms with E-state index in [9.17, 15) is 4.79 Å². The second-order valence-electron chi connectivity index (χ2n) is 6.65. The van der Waals surface area contributed by atoms with Crippen LogP contribution in [0.25, 0.3) is 0 Å². The minimum atomic E-state index is -0.410. The van der Waals surface area contributed by atoms with Crippen LogP contribution in [-0.4, -0.2) is 24.3 Å². The third-order valence-electron chi connectivity index (χ3n) is 5.00. The molecule has 2 aromatic rings. The predicted molar refractivity (Wildman–Crippen MR) is 98.4 cm³/mol. The van der Waals surface area contributed by atoms with E-state index in [1.807, 2.05) is 32.9 Å². The lowest BCUT2D eigenvalue weighted by Gasteiger charge is -2.39. The van der Waals surface area contributed by atoms with Crippen molar-refractivity contribution in [1.29, 1.82) is 0 Å². The summed E-state index contributed by atoms with van der Waals surface area (Å²) in [5.74, 6) is 0.359. The van der Waals surface area contributed by atoms with E-state index in [2.05, 4.69) is 38.5 Å². The zero-order chi connectivity index (χ0) is 18.0. The normalized spacial score (nSPS) is 17.9. The van der Waals surface area contributed by atoms with Gasteiger partial charge in [-0.1, -0.05) is 33.2 Å². The minimum Gasteiger partial charge on any atom is -0.381 e. The molecule has 0 bridgehead atoms. The van der Waals surface area contributed by atoms with Gasteiger partial charge in [-0.15, -0.1) is 0 Å². The number of benzene rings is 1. The maximum atomic E-state index is 13.0. The number of nitrogens with one attached hydrogen (secondary N) is 1. The first-order chi connectivity index (χ1) is 11.9. The molecule has 1 aliphatic rings. The Morgan fingerprint density at radius 2 is 2.04 bits per heavy atom. The highest BCUT2D eigenvalue weighted by atomic mass is 79.9. The standard InChI is InChI=1S/C19H23BrN2O3/c1-12(17-13(2)22-25-14(17)3)18(23)21-19(7-9-24-10-8-19)15-5-4-6-16(20)11-15/h4-6,11-12H,7-10H2,1-3H3,(H,21,23). The number of aryl methyl sites for hydroxylation is 2. The van der Waals surface area contributed by atoms with Crippen LogP contribution in [0.1, 0.15) is 48.3 Å². The summed E-state index contributed by atoms with van der Waals surface area (Å²) in [5, 5.41) is 7.28. The van der Waals surface area contributed by atoms with E-state index in [0.29, 0.717) is 19.0 Å². The fourth-order valence-corrected chi connectivity index (χ4v) is 3.97. The van der Waals surface area contributed by atoms with Crippen LogP contribution in [0, 0.1) is 13.8 Å². The van der Waals surface area contributed by atoms with Crippen LogP contribution in [0.4, 0.5) is 0 Å². The molecule has 1 saturated heterocycles. The third kappa shape index (κ3) is 3.65. The Hall–Kier alpha value is -1.66. The van der Waals surface area contributed by atoms with E-state index >= 15 is 0 Å². The lowest BCUT2D eigenvalue weighted by Crippen LogP contribution is -2.50. The molecule has 1 N–H and O–H groups in total. The predicted octanol–water partition coefficient (Wildman–Crippen LogP) is 3.98. The molecular formula is C19H23BrN2O3. The summed E-state index contributed by atoms with van der Waals surface area (Å²) < 4.78 is 11.8. The molecule has 1 amide bonds. The molecule has 1 atom stereocenters. The van der Waals surface area contributed by atoms with Crippen LogP contribution in [0.2, 0.25) is 0 Å². The van der Waals surface area contributed by atoms with E-state index < -0.39 is 5.54 Å². The largest absolute Gasteiger partial charge is 0.381 e. The Morgan fingerprint density at radius 3 is 2.64 bits per heavy atom. The molecule has 134 valence electrons. The fourth-order valence-electron chi connectivity index (χ4n) is 3.58. The van der Waals surface area contributed by atoms with E-state index in [1.54, 1.807) is 0 Å². The van der Waals surface area contributed by atoms with Gasteiger partial charge in [0.25, 0.3) is 0 Å². The Labute approximate surface area is 156 Å². The fraction of sp³-hybridized carbons (Fsp3) is 0.474. The van der Waals surface area contributed by atoms with Crippen molar-refractivity contribution in [3.05, 3.63) is 51.3 Å². The van der Waals surface area contributed by atoms with Gasteiger partial charge in [-0.2, -0.15) is 0 Å². The van der Waals surface area contributed by atoms with Gasteiger partial charge in [-0.3, -0.25) is 4.79 Å². The number of hydrogen-bond acceptors (Lipinski definition) is 4. The second-order valence-corrected chi connectivity index (χ2v) is 7.57. The number of carbonyl (C=O) groups excluding carboxylic acids is 1. The van der Waals surface area contributed by atoms with Crippen molar-refractivity contribution in [2.75, 3.05) is 13.2 Å². The van der Waals surface area contributed by atoms with Crippen LogP contribution < -0.4 is 5.32 Å². The molecule has 1 unspecified atom stereocenters. The first kappa shape index (κ1) is 18.1. The van der Waals surface area contributed by atoms with E-state index in [4.69, 9.17) is 9.26 Å². The summed E-state index contributed by atoms with van der Waals surface area (Å²) in [6.07, 6.45) is 1.51. The Kier molecular flexibility index (Phi) is 5.29. The highest BCUT2D eigenvalue weighted by Gasteiger charge is 2.38. The number of carbonyl (C=O) groups is 1. The summed E-state index contributed by atoms with van der Waals surface area (Å²) in [5.41, 5.74) is 2.33. The van der Waals surface area contributed by atoms with Crippen LogP contribution in [0.3, 0.4) is 0 Å². The molecule has 5 nitrogen and oxygen atoms in total. The number of amides is 1. The van der Waals surface area contributed by atoms with E-state index in [1.165, 1.54) is 0 Å². The quantitative estimate of drug-likeness (QED) is 0.833. The molecule has 6 heteroatoms. The third-order valence-corrected chi connectivity index (χ3v) is 5.49. The average Bonchev–Trinajstić information content (AvgIpc) is 2.93. The topological polar surface area (TPSA) is 64.4 Å². The van der Waals surface area contributed by atoms with Gasteiger partial charge in [-0.25, -0.2) is 0 Å². The zero-order valence-electron chi connectivity index (χ0n) is 14.8. The van der Waals surface area contributed by atoms with Crippen LogP contribution >= 0.6 is 15.9 Å². The van der Waals surface area contributed by atoms with Gasteiger partial charge in [0.05, 0.1) is 17.2 Å². The van der Waals surface area contributed by atoms with Gasteiger partial charge >= 0.3 is 0 Å². The molecule has 1 fully saturated rings. The van der Waals surface area contributed by atoms with Crippen molar-refractivity contribution >= 4 is 21.8 Å². The number of hydrogen-bond donors (Lipinski definition) is 1. The first-order valence-electron chi connectivity index (χ1n) is 8.51. The van der Waals surface area contributed by atoms with Crippen LogP contribution in [0.5, 0.6) is 0 Å². The summed E-state index contributed by atoms with van der Waals surface area (Å²) in [6.45, 7) is 6.88. The smallest absolute Gasteiger partial charge is 0.228 e. The molecule has 1 aromatic carbocycles. The van der Waals surface area contributed by atoms with Crippen molar-refractivity contribution in [2.45, 2.75) is 45.1 Å². The van der Waals surface area contributed by atoms with Crippen molar-refractivity contribution in [2.24, 2.45) is 0 Å². The van der Waals surface area contributed by atoms with Gasteiger partial charge < -0.3 is 14.6 Å². The van der Waals surface area contributed by atoms with Gasteiger partial charge in [0.15, 0.2) is 0 Å². The molecule has 2 heterocycles. The maximum Gasteiger partial charge on any atom is 0.228 e. The van der Waals surface area contributed by atoms with E-state index in [0.717, 1.165) is 34.1 Å². The zero-order valence-corrected chi connectivity index (χ0v) is 16.4. The summed E-state index contributed by atoms with van der Waals surface area (Å²) in [7, 11) is 0. The molecular weight excluding hydrogens is 384 g/mol. The number of halogens is 1. The summed E-state index contributed by atoms with van der Waals surface area (Å²) in [4.78, 5) is 13.0. The minimum absolute atomic E-state index is 0.0173. The molecule has 0 radical (unpaired) electrons. The molecule has 0 spiro atoms. The van der Waals surface area contributed by atoms with Gasteiger partial charge in [0, 0.05) is 23.2 Å². The Morgan fingerprint density at radius 1 is 1.32 bits per heavy atom. The van der Waals surface area contributed by atoms with Crippen molar-refractivity contribution in [3.8, 4) is 0 Å². The highest BCUT2D eigenvalue weighted by molar-refractivity contribution is 9.10.